The van der Waals surface area contributed by atoms with Gasteiger partial charge in [-0.3, -0.25) is 4.79 Å². The SMILES string of the molecule is C=C(C(=O)CC)c1c2c3c(ccc2c(C)c2[n+]1CCc1cc4c(cc1-2)OCO4)OCO3. The van der Waals surface area contributed by atoms with Crippen molar-refractivity contribution in [2.75, 3.05) is 13.6 Å². The average Bonchev–Trinajstić information content (AvgIpc) is 3.45. The summed E-state index contributed by atoms with van der Waals surface area (Å²) >= 11 is 0. The van der Waals surface area contributed by atoms with Crippen molar-refractivity contribution < 1.29 is 28.3 Å². The van der Waals surface area contributed by atoms with Crippen molar-refractivity contribution in [3.05, 3.63) is 47.7 Å². The van der Waals surface area contributed by atoms with Crippen LogP contribution in [0.15, 0.2) is 30.8 Å². The highest BCUT2D eigenvalue weighted by atomic mass is 16.7. The van der Waals surface area contributed by atoms with E-state index in [4.69, 9.17) is 18.9 Å². The van der Waals surface area contributed by atoms with E-state index in [0.717, 1.165) is 57.8 Å². The normalized spacial score (nSPS) is 15.0. The van der Waals surface area contributed by atoms with Gasteiger partial charge in [0, 0.05) is 23.8 Å². The van der Waals surface area contributed by atoms with Gasteiger partial charge in [0.1, 0.15) is 5.39 Å². The second-order valence-electron chi connectivity index (χ2n) is 8.06. The van der Waals surface area contributed by atoms with Crippen molar-refractivity contribution in [1.82, 2.24) is 0 Å². The van der Waals surface area contributed by atoms with Crippen LogP contribution in [0.2, 0.25) is 0 Å². The maximum Gasteiger partial charge on any atom is 0.231 e. The van der Waals surface area contributed by atoms with Gasteiger partial charge in [0.15, 0.2) is 35.3 Å². The average molecular weight is 416 g/mol. The van der Waals surface area contributed by atoms with E-state index in [1.807, 2.05) is 19.1 Å². The van der Waals surface area contributed by atoms with Gasteiger partial charge in [-0.05, 0) is 36.8 Å². The number of nitrogens with zero attached hydrogens (tertiary/aromatic N) is 1. The molecule has 6 nitrogen and oxygen atoms in total. The predicted octanol–water partition coefficient (Wildman–Crippen LogP) is 4.11. The van der Waals surface area contributed by atoms with E-state index < -0.39 is 0 Å². The Morgan fingerprint density at radius 2 is 1.81 bits per heavy atom. The van der Waals surface area contributed by atoms with E-state index in [2.05, 4.69) is 30.2 Å². The molecular formula is C25H22NO5+. The van der Waals surface area contributed by atoms with Crippen LogP contribution in [-0.2, 0) is 17.8 Å². The lowest BCUT2D eigenvalue weighted by Gasteiger charge is -2.22. The fourth-order valence-corrected chi connectivity index (χ4v) is 4.97. The molecule has 3 aliphatic rings. The van der Waals surface area contributed by atoms with Crippen LogP contribution in [0.1, 0.15) is 30.2 Å². The lowest BCUT2D eigenvalue weighted by Crippen LogP contribution is -2.45. The predicted molar refractivity (Wildman–Crippen MR) is 115 cm³/mol. The minimum Gasteiger partial charge on any atom is -0.454 e. The van der Waals surface area contributed by atoms with Crippen molar-refractivity contribution in [3.63, 3.8) is 0 Å². The number of fused-ring (bicyclic) bond motifs is 7. The molecule has 0 aliphatic carbocycles. The molecule has 2 aromatic carbocycles. The van der Waals surface area contributed by atoms with E-state index in [-0.39, 0.29) is 19.4 Å². The highest BCUT2D eigenvalue weighted by Gasteiger charge is 2.37. The van der Waals surface area contributed by atoms with Crippen LogP contribution >= 0.6 is 0 Å². The van der Waals surface area contributed by atoms with E-state index in [0.29, 0.717) is 23.5 Å². The molecule has 6 heteroatoms. The number of ether oxygens (including phenoxy) is 4. The molecule has 0 unspecified atom stereocenters. The monoisotopic (exact) mass is 416 g/mol. The first-order valence-corrected chi connectivity index (χ1v) is 10.5. The fourth-order valence-electron chi connectivity index (χ4n) is 4.97. The number of Topliss-reactive ketones (excluding diaryl/α,β-unsaturated/α-hetero) is 1. The molecule has 0 saturated heterocycles. The molecule has 0 saturated carbocycles. The van der Waals surface area contributed by atoms with Gasteiger partial charge in [-0.15, -0.1) is 0 Å². The second kappa shape index (κ2) is 6.48. The number of allylic oxidation sites excluding steroid dienone is 1. The van der Waals surface area contributed by atoms with Gasteiger partial charge in [-0.2, -0.15) is 4.57 Å². The van der Waals surface area contributed by atoms with E-state index in [9.17, 15) is 4.79 Å². The molecule has 0 bridgehead atoms. The first kappa shape index (κ1) is 18.2. The zero-order chi connectivity index (χ0) is 21.3. The van der Waals surface area contributed by atoms with Gasteiger partial charge in [0.25, 0.3) is 0 Å². The Labute approximate surface area is 179 Å². The Balaban J connectivity index is 1.73. The van der Waals surface area contributed by atoms with Gasteiger partial charge in [-0.1, -0.05) is 13.5 Å². The lowest BCUT2D eigenvalue weighted by molar-refractivity contribution is -0.688. The third-order valence-electron chi connectivity index (χ3n) is 6.48. The van der Waals surface area contributed by atoms with Crippen LogP contribution in [0, 0.1) is 6.92 Å². The third kappa shape index (κ3) is 2.45. The van der Waals surface area contributed by atoms with Gasteiger partial charge in [-0.25, -0.2) is 0 Å². The van der Waals surface area contributed by atoms with Gasteiger partial charge >= 0.3 is 0 Å². The Bertz CT molecular complexity index is 1320. The molecule has 0 amide bonds. The van der Waals surface area contributed by atoms with Gasteiger partial charge < -0.3 is 18.9 Å². The fraction of sp³-hybridized carbons (Fsp3) is 0.280. The van der Waals surface area contributed by atoms with Crippen LogP contribution in [0.3, 0.4) is 0 Å². The van der Waals surface area contributed by atoms with Crippen LogP contribution < -0.4 is 23.5 Å². The van der Waals surface area contributed by atoms with Crippen molar-refractivity contribution in [1.29, 1.82) is 0 Å². The van der Waals surface area contributed by atoms with Crippen molar-refractivity contribution >= 4 is 22.1 Å². The van der Waals surface area contributed by atoms with Crippen LogP contribution in [-0.4, -0.2) is 19.4 Å². The summed E-state index contributed by atoms with van der Waals surface area (Å²) in [5, 5.41) is 1.92. The number of benzene rings is 2. The summed E-state index contributed by atoms with van der Waals surface area (Å²) in [7, 11) is 0. The molecule has 0 N–H and O–H groups in total. The number of hydrogen-bond acceptors (Lipinski definition) is 5. The molecule has 3 aromatic rings. The zero-order valence-electron chi connectivity index (χ0n) is 17.5. The number of rotatable bonds is 3. The van der Waals surface area contributed by atoms with Crippen LogP contribution in [0.5, 0.6) is 23.0 Å². The Morgan fingerprint density at radius 1 is 1.06 bits per heavy atom. The summed E-state index contributed by atoms with van der Waals surface area (Å²) in [4.78, 5) is 12.8. The summed E-state index contributed by atoms with van der Waals surface area (Å²) in [6, 6.07) is 8.12. The second-order valence-corrected chi connectivity index (χ2v) is 8.06. The Kier molecular flexibility index (Phi) is 3.81. The number of ketones is 1. The molecule has 156 valence electrons. The summed E-state index contributed by atoms with van der Waals surface area (Å²) < 4.78 is 25.0. The Hall–Kier alpha value is -3.54. The molecule has 0 fully saturated rings. The molecular weight excluding hydrogens is 394 g/mol. The number of aryl methyl sites for hydroxylation is 2. The molecule has 6 rings (SSSR count). The highest BCUT2D eigenvalue weighted by molar-refractivity contribution is 6.22. The first-order valence-electron chi connectivity index (χ1n) is 10.5. The summed E-state index contributed by atoms with van der Waals surface area (Å²) in [5.41, 5.74) is 5.82. The molecule has 0 atom stereocenters. The molecule has 0 spiro atoms. The summed E-state index contributed by atoms with van der Waals surface area (Å²) in [5.74, 6) is 2.95. The van der Waals surface area contributed by atoms with E-state index >= 15 is 0 Å². The maximum absolute atomic E-state index is 12.8. The minimum atomic E-state index is 0.0212. The largest absolute Gasteiger partial charge is 0.454 e. The smallest absolute Gasteiger partial charge is 0.231 e. The number of carbonyl (C=O) groups is 1. The molecule has 1 aromatic heterocycles. The van der Waals surface area contributed by atoms with Crippen molar-refractivity contribution in [2.24, 2.45) is 0 Å². The molecule has 31 heavy (non-hydrogen) atoms. The lowest BCUT2D eigenvalue weighted by atomic mass is 9.88. The van der Waals surface area contributed by atoms with Crippen molar-refractivity contribution in [2.45, 2.75) is 33.2 Å². The quantitative estimate of drug-likeness (QED) is 0.475. The number of hydrogen-bond donors (Lipinski definition) is 0. The summed E-state index contributed by atoms with van der Waals surface area (Å²) in [6.45, 7) is 9.34. The highest BCUT2D eigenvalue weighted by Crippen LogP contribution is 2.46. The summed E-state index contributed by atoms with van der Waals surface area (Å²) in [6.07, 6.45) is 1.22. The molecule has 4 heterocycles. The molecule has 3 aliphatic heterocycles. The molecule has 0 radical (unpaired) electrons. The Morgan fingerprint density at radius 3 is 2.61 bits per heavy atom. The minimum absolute atomic E-state index is 0.0212. The topological polar surface area (TPSA) is 57.9 Å². The number of pyridine rings is 1. The van der Waals surface area contributed by atoms with Crippen LogP contribution in [0.25, 0.3) is 27.6 Å². The van der Waals surface area contributed by atoms with Crippen molar-refractivity contribution in [3.8, 4) is 34.3 Å². The first-order chi connectivity index (χ1) is 15.1. The maximum atomic E-state index is 12.8. The van der Waals surface area contributed by atoms with Crippen LogP contribution in [0.4, 0.5) is 0 Å². The number of carbonyl (C=O) groups excluding carboxylic acids is 1. The third-order valence-corrected chi connectivity index (χ3v) is 6.48. The zero-order valence-corrected chi connectivity index (χ0v) is 17.5. The van der Waals surface area contributed by atoms with E-state index in [1.165, 1.54) is 5.56 Å². The van der Waals surface area contributed by atoms with Gasteiger partial charge in [0.2, 0.25) is 25.0 Å². The van der Waals surface area contributed by atoms with Gasteiger partial charge in [0.05, 0.1) is 11.1 Å². The standard InChI is InChI=1S/C25H22NO5/c1-4-18(27)14(3)24-22-16(5-6-19-25(22)31-12-28-19)13(2)23-17-10-21-20(29-11-30-21)9-15(17)7-8-26(23)24/h5-6,9-10H,3-4,7-8,11-12H2,1-2H3/q+1. The number of aromatic nitrogens is 1. The van der Waals surface area contributed by atoms with E-state index in [1.54, 1.807) is 0 Å².